The molecule has 2 atom stereocenters. The van der Waals surface area contributed by atoms with E-state index in [-0.39, 0.29) is 11.5 Å². The van der Waals surface area contributed by atoms with Gasteiger partial charge in [0.15, 0.2) is 0 Å². The fourth-order valence-electron chi connectivity index (χ4n) is 2.11. The first kappa shape index (κ1) is 12.9. The van der Waals surface area contributed by atoms with E-state index in [9.17, 15) is 5.11 Å². The van der Waals surface area contributed by atoms with E-state index >= 15 is 0 Å². The molecular formula is C12H25NO2. The number of hydrogen-bond acceptors (Lipinski definition) is 3. The minimum Gasteiger partial charge on any atom is -0.389 e. The topological polar surface area (TPSA) is 55.5 Å². The van der Waals surface area contributed by atoms with Crippen molar-refractivity contribution in [3.8, 4) is 0 Å². The highest BCUT2D eigenvalue weighted by atomic mass is 16.5. The van der Waals surface area contributed by atoms with Gasteiger partial charge in [0.2, 0.25) is 0 Å². The molecule has 3 nitrogen and oxygen atoms in total. The summed E-state index contributed by atoms with van der Waals surface area (Å²) in [6.07, 6.45) is 1.56. The fraction of sp³-hybridized carbons (Fsp3) is 1.00. The normalized spacial score (nSPS) is 33.4. The van der Waals surface area contributed by atoms with Crippen LogP contribution in [0.15, 0.2) is 0 Å². The Morgan fingerprint density at radius 1 is 1.53 bits per heavy atom. The van der Waals surface area contributed by atoms with Crippen LogP contribution >= 0.6 is 0 Å². The molecule has 0 amide bonds. The summed E-state index contributed by atoms with van der Waals surface area (Å²) < 4.78 is 5.67. The molecule has 1 fully saturated rings. The number of rotatable bonds is 3. The Morgan fingerprint density at radius 3 is 2.60 bits per heavy atom. The van der Waals surface area contributed by atoms with Gasteiger partial charge in [-0.2, -0.15) is 0 Å². The monoisotopic (exact) mass is 215 g/mol. The third kappa shape index (κ3) is 2.52. The smallest absolute Gasteiger partial charge is 0.0757 e. The molecule has 15 heavy (non-hydrogen) atoms. The molecule has 0 aliphatic carbocycles. The summed E-state index contributed by atoms with van der Waals surface area (Å²) in [6.45, 7) is 9.49. The summed E-state index contributed by atoms with van der Waals surface area (Å²) in [5.41, 5.74) is 4.84. The maximum atomic E-state index is 10.7. The zero-order valence-corrected chi connectivity index (χ0v) is 10.4. The van der Waals surface area contributed by atoms with Gasteiger partial charge in [-0.15, -0.1) is 0 Å². The largest absolute Gasteiger partial charge is 0.389 e. The van der Waals surface area contributed by atoms with Gasteiger partial charge in [-0.25, -0.2) is 0 Å². The van der Waals surface area contributed by atoms with Crippen LogP contribution in [0.3, 0.4) is 0 Å². The lowest BCUT2D eigenvalue weighted by atomic mass is 9.68. The lowest BCUT2D eigenvalue weighted by Gasteiger charge is -2.47. The van der Waals surface area contributed by atoms with Gasteiger partial charge in [-0.05, 0) is 5.92 Å². The molecule has 0 bridgehead atoms. The Bertz CT molecular complexity index is 216. The average Bonchev–Trinajstić information content (AvgIpc) is 2.17. The van der Waals surface area contributed by atoms with Gasteiger partial charge in [0.05, 0.1) is 11.7 Å². The van der Waals surface area contributed by atoms with Crippen molar-refractivity contribution in [1.82, 2.24) is 0 Å². The number of aliphatic hydroxyl groups is 1. The molecule has 1 aliphatic rings. The van der Waals surface area contributed by atoms with Crippen molar-refractivity contribution in [2.75, 3.05) is 13.2 Å². The predicted molar refractivity (Wildman–Crippen MR) is 61.6 cm³/mol. The molecule has 0 aromatic carbocycles. The highest BCUT2D eigenvalue weighted by Gasteiger charge is 2.46. The summed E-state index contributed by atoms with van der Waals surface area (Å²) in [5.74, 6) is 0.449. The van der Waals surface area contributed by atoms with Crippen LogP contribution in [0.1, 0.15) is 40.5 Å². The lowest BCUT2D eigenvalue weighted by molar-refractivity contribution is -0.164. The SMILES string of the molecule is CC(C)C1CC(O)(C(C)(C)CN)CCO1. The Kier molecular flexibility index (Phi) is 3.80. The molecule has 0 aromatic rings. The fourth-order valence-corrected chi connectivity index (χ4v) is 2.11. The molecule has 3 heteroatoms. The van der Waals surface area contributed by atoms with Gasteiger partial charge in [0.25, 0.3) is 0 Å². The highest BCUT2D eigenvalue weighted by molar-refractivity contribution is 4.98. The van der Waals surface area contributed by atoms with Crippen molar-refractivity contribution in [3.05, 3.63) is 0 Å². The van der Waals surface area contributed by atoms with Gasteiger partial charge in [0, 0.05) is 31.4 Å². The van der Waals surface area contributed by atoms with E-state index in [1.54, 1.807) is 0 Å². The van der Waals surface area contributed by atoms with Gasteiger partial charge < -0.3 is 15.6 Å². The molecule has 3 N–H and O–H groups in total. The Labute approximate surface area is 93.0 Å². The van der Waals surface area contributed by atoms with Crippen molar-refractivity contribution in [3.63, 3.8) is 0 Å². The van der Waals surface area contributed by atoms with Crippen LogP contribution < -0.4 is 5.73 Å². The molecule has 0 saturated carbocycles. The van der Waals surface area contributed by atoms with E-state index in [1.165, 1.54) is 0 Å². The first-order valence-electron chi connectivity index (χ1n) is 5.86. The zero-order chi connectivity index (χ0) is 11.7. The van der Waals surface area contributed by atoms with Crippen LogP contribution in [0.2, 0.25) is 0 Å². The first-order valence-corrected chi connectivity index (χ1v) is 5.86. The van der Waals surface area contributed by atoms with Crippen LogP contribution in [-0.2, 0) is 4.74 Å². The summed E-state index contributed by atoms with van der Waals surface area (Å²) in [6, 6.07) is 0. The maximum absolute atomic E-state index is 10.7. The van der Waals surface area contributed by atoms with Crippen molar-refractivity contribution >= 4 is 0 Å². The summed E-state index contributed by atoms with van der Waals surface area (Å²) in [5, 5.41) is 10.7. The number of hydrogen-bond donors (Lipinski definition) is 2. The molecule has 0 spiro atoms. The molecule has 1 heterocycles. The summed E-state index contributed by atoms with van der Waals surface area (Å²) >= 11 is 0. The predicted octanol–water partition coefficient (Wildman–Crippen LogP) is 1.54. The van der Waals surface area contributed by atoms with Gasteiger partial charge in [0.1, 0.15) is 0 Å². The standard InChI is InChI=1S/C12H25NO2/c1-9(2)10-7-12(14,5-6-15-10)11(3,4)8-13/h9-10,14H,5-8,13H2,1-4H3. The molecule has 0 aromatic heterocycles. The molecule has 1 aliphatic heterocycles. The molecule has 90 valence electrons. The van der Waals surface area contributed by atoms with Crippen molar-refractivity contribution in [1.29, 1.82) is 0 Å². The highest BCUT2D eigenvalue weighted by Crippen LogP contribution is 2.41. The minimum absolute atomic E-state index is 0.162. The van der Waals surface area contributed by atoms with E-state index in [0.717, 1.165) is 0 Å². The quantitative estimate of drug-likeness (QED) is 0.751. The first-order chi connectivity index (χ1) is 6.82. The molecule has 1 saturated heterocycles. The van der Waals surface area contributed by atoms with Crippen LogP contribution in [0.5, 0.6) is 0 Å². The zero-order valence-electron chi connectivity index (χ0n) is 10.4. The van der Waals surface area contributed by atoms with E-state index in [4.69, 9.17) is 10.5 Å². The summed E-state index contributed by atoms with van der Waals surface area (Å²) in [4.78, 5) is 0. The minimum atomic E-state index is -0.672. The van der Waals surface area contributed by atoms with E-state index in [1.807, 2.05) is 13.8 Å². The Hall–Kier alpha value is -0.120. The van der Waals surface area contributed by atoms with Crippen LogP contribution in [0.4, 0.5) is 0 Å². The van der Waals surface area contributed by atoms with Crippen molar-refractivity contribution in [2.45, 2.75) is 52.2 Å². The van der Waals surface area contributed by atoms with Crippen molar-refractivity contribution in [2.24, 2.45) is 17.1 Å². The Morgan fingerprint density at radius 2 is 2.13 bits per heavy atom. The lowest BCUT2D eigenvalue weighted by Crippen LogP contribution is -2.54. The molecular weight excluding hydrogens is 190 g/mol. The molecule has 2 unspecified atom stereocenters. The second-order valence-electron chi connectivity index (χ2n) is 5.73. The Balaban J connectivity index is 2.76. The van der Waals surface area contributed by atoms with Gasteiger partial charge in [-0.3, -0.25) is 0 Å². The van der Waals surface area contributed by atoms with E-state index < -0.39 is 5.60 Å². The third-order valence-electron chi connectivity index (χ3n) is 3.90. The maximum Gasteiger partial charge on any atom is 0.0757 e. The third-order valence-corrected chi connectivity index (χ3v) is 3.90. The van der Waals surface area contributed by atoms with Crippen LogP contribution in [0.25, 0.3) is 0 Å². The molecule has 0 radical (unpaired) electrons. The van der Waals surface area contributed by atoms with Crippen molar-refractivity contribution < 1.29 is 9.84 Å². The average molecular weight is 215 g/mol. The van der Waals surface area contributed by atoms with Gasteiger partial charge >= 0.3 is 0 Å². The van der Waals surface area contributed by atoms with Crippen LogP contribution in [0, 0.1) is 11.3 Å². The second kappa shape index (κ2) is 4.40. The second-order valence-corrected chi connectivity index (χ2v) is 5.73. The van der Waals surface area contributed by atoms with E-state index in [0.29, 0.717) is 31.9 Å². The van der Waals surface area contributed by atoms with E-state index in [2.05, 4.69) is 13.8 Å². The molecule has 1 rings (SSSR count). The van der Waals surface area contributed by atoms with Crippen LogP contribution in [-0.4, -0.2) is 30.0 Å². The summed E-state index contributed by atoms with van der Waals surface area (Å²) in [7, 11) is 0. The van der Waals surface area contributed by atoms with Gasteiger partial charge in [-0.1, -0.05) is 27.7 Å². The number of ether oxygens (including phenoxy) is 1. The number of nitrogens with two attached hydrogens (primary N) is 1.